The van der Waals surface area contributed by atoms with Gasteiger partial charge in [0.2, 0.25) is 0 Å². The Bertz CT molecular complexity index is 681. The lowest BCUT2D eigenvalue weighted by Crippen LogP contribution is -2.50. The number of benzene rings is 2. The SMILES string of the molecule is c1ccc(C(c2ccccc2)(c2ccncc2)N2CCCCC2)cc1. The molecule has 0 N–H and O–H groups in total. The first kappa shape index (κ1) is 16.0. The third-order valence-corrected chi connectivity index (χ3v) is 5.31. The van der Waals surface area contributed by atoms with Gasteiger partial charge >= 0.3 is 0 Å². The molecule has 0 amide bonds. The van der Waals surface area contributed by atoms with Crippen molar-refractivity contribution in [1.29, 1.82) is 0 Å². The second-order valence-corrected chi connectivity index (χ2v) is 6.73. The van der Waals surface area contributed by atoms with Crippen LogP contribution in [-0.2, 0) is 5.54 Å². The van der Waals surface area contributed by atoms with E-state index in [9.17, 15) is 0 Å². The number of nitrogens with zero attached hydrogens (tertiary/aromatic N) is 2. The molecule has 1 aliphatic rings. The minimum atomic E-state index is -0.258. The lowest BCUT2D eigenvalue weighted by atomic mass is 9.75. The van der Waals surface area contributed by atoms with Crippen LogP contribution in [0.1, 0.15) is 36.0 Å². The molecule has 0 spiro atoms. The highest BCUT2D eigenvalue weighted by Gasteiger charge is 2.42. The highest BCUT2D eigenvalue weighted by molar-refractivity contribution is 5.49. The van der Waals surface area contributed by atoms with Gasteiger partial charge in [-0.15, -0.1) is 0 Å². The summed E-state index contributed by atoms with van der Waals surface area (Å²) in [6.07, 6.45) is 7.67. The third kappa shape index (κ3) is 2.87. The van der Waals surface area contributed by atoms with Gasteiger partial charge in [-0.3, -0.25) is 9.88 Å². The standard InChI is InChI=1S/C23H24N2/c1-4-10-20(11-5-1)23(21-12-6-2-7-13-21,22-14-16-24-17-15-22)25-18-8-3-9-19-25/h1-2,4-7,10-17H,3,8-9,18-19H2. The Kier molecular flexibility index (Phi) is 4.62. The lowest BCUT2D eigenvalue weighted by Gasteiger charge is -2.47. The van der Waals surface area contributed by atoms with Crippen LogP contribution in [-0.4, -0.2) is 23.0 Å². The molecule has 2 aromatic carbocycles. The Morgan fingerprint density at radius 1 is 0.600 bits per heavy atom. The van der Waals surface area contributed by atoms with Gasteiger partial charge in [-0.2, -0.15) is 0 Å². The molecular formula is C23H24N2. The number of hydrogen-bond acceptors (Lipinski definition) is 2. The molecule has 0 bridgehead atoms. The van der Waals surface area contributed by atoms with Crippen molar-refractivity contribution in [2.24, 2.45) is 0 Å². The molecule has 0 aliphatic carbocycles. The van der Waals surface area contributed by atoms with E-state index in [1.807, 2.05) is 12.4 Å². The second-order valence-electron chi connectivity index (χ2n) is 6.73. The summed E-state index contributed by atoms with van der Waals surface area (Å²) in [7, 11) is 0. The predicted octanol–water partition coefficient (Wildman–Crippen LogP) is 4.86. The van der Waals surface area contributed by atoms with Gasteiger partial charge in [-0.25, -0.2) is 0 Å². The fourth-order valence-corrected chi connectivity index (χ4v) is 4.23. The second kappa shape index (κ2) is 7.20. The van der Waals surface area contributed by atoms with Gasteiger partial charge in [-0.1, -0.05) is 67.1 Å². The van der Waals surface area contributed by atoms with Gasteiger partial charge in [0.05, 0.1) is 5.54 Å². The quantitative estimate of drug-likeness (QED) is 0.680. The van der Waals surface area contributed by atoms with Crippen molar-refractivity contribution in [3.63, 3.8) is 0 Å². The van der Waals surface area contributed by atoms with E-state index in [0.29, 0.717) is 0 Å². The molecule has 25 heavy (non-hydrogen) atoms. The van der Waals surface area contributed by atoms with Crippen LogP contribution in [0.25, 0.3) is 0 Å². The van der Waals surface area contributed by atoms with Crippen LogP contribution < -0.4 is 0 Å². The van der Waals surface area contributed by atoms with Crippen LogP contribution in [0.4, 0.5) is 0 Å². The lowest BCUT2D eigenvalue weighted by molar-refractivity contribution is 0.127. The summed E-state index contributed by atoms with van der Waals surface area (Å²) in [4.78, 5) is 6.94. The van der Waals surface area contributed by atoms with Gasteiger partial charge in [0.25, 0.3) is 0 Å². The fourth-order valence-electron chi connectivity index (χ4n) is 4.23. The maximum atomic E-state index is 4.27. The molecule has 1 aliphatic heterocycles. The van der Waals surface area contributed by atoms with Crippen LogP contribution in [0.15, 0.2) is 85.2 Å². The van der Waals surface area contributed by atoms with Gasteiger partial charge in [0.1, 0.15) is 0 Å². The van der Waals surface area contributed by atoms with Crippen LogP contribution in [0.5, 0.6) is 0 Å². The van der Waals surface area contributed by atoms with Gasteiger partial charge in [0, 0.05) is 12.4 Å². The average Bonchev–Trinajstić information content (AvgIpc) is 2.72. The molecule has 0 unspecified atom stereocenters. The van der Waals surface area contributed by atoms with E-state index in [2.05, 4.69) is 82.7 Å². The van der Waals surface area contributed by atoms with Crippen LogP contribution >= 0.6 is 0 Å². The fraction of sp³-hybridized carbons (Fsp3) is 0.261. The molecule has 2 heterocycles. The van der Waals surface area contributed by atoms with E-state index in [-0.39, 0.29) is 5.54 Å². The number of aromatic nitrogens is 1. The molecule has 4 rings (SSSR count). The maximum Gasteiger partial charge on any atom is 0.0974 e. The number of hydrogen-bond donors (Lipinski definition) is 0. The summed E-state index contributed by atoms with van der Waals surface area (Å²) in [6.45, 7) is 2.23. The zero-order valence-corrected chi connectivity index (χ0v) is 14.5. The van der Waals surface area contributed by atoms with E-state index in [0.717, 1.165) is 13.1 Å². The topological polar surface area (TPSA) is 16.1 Å². The Morgan fingerprint density at radius 3 is 1.60 bits per heavy atom. The smallest absolute Gasteiger partial charge is 0.0974 e. The summed E-state index contributed by atoms with van der Waals surface area (Å²) >= 11 is 0. The number of rotatable bonds is 4. The summed E-state index contributed by atoms with van der Waals surface area (Å²) in [6, 6.07) is 26.2. The summed E-state index contributed by atoms with van der Waals surface area (Å²) in [5.74, 6) is 0. The molecule has 3 aromatic rings. The number of pyridine rings is 1. The van der Waals surface area contributed by atoms with Crippen molar-refractivity contribution >= 4 is 0 Å². The van der Waals surface area contributed by atoms with E-state index in [1.54, 1.807) is 0 Å². The van der Waals surface area contributed by atoms with Crippen LogP contribution in [0.2, 0.25) is 0 Å². The van der Waals surface area contributed by atoms with Gasteiger partial charge in [-0.05, 0) is 54.8 Å². The van der Waals surface area contributed by atoms with Crippen molar-refractivity contribution in [2.45, 2.75) is 24.8 Å². The average molecular weight is 328 g/mol. The van der Waals surface area contributed by atoms with Crippen molar-refractivity contribution in [3.8, 4) is 0 Å². The first-order chi connectivity index (χ1) is 12.4. The molecule has 0 atom stereocenters. The normalized spacial score (nSPS) is 15.8. The number of likely N-dealkylation sites (tertiary alicyclic amines) is 1. The monoisotopic (exact) mass is 328 g/mol. The molecule has 1 aromatic heterocycles. The molecule has 1 saturated heterocycles. The van der Waals surface area contributed by atoms with Gasteiger partial charge in [0.15, 0.2) is 0 Å². The Morgan fingerprint density at radius 2 is 1.08 bits per heavy atom. The van der Waals surface area contributed by atoms with Crippen molar-refractivity contribution in [3.05, 3.63) is 102 Å². The molecule has 1 fully saturated rings. The van der Waals surface area contributed by atoms with E-state index in [1.165, 1.54) is 36.0 Å². The van der Waals surface area contributed by atoms with Crippen molar-refractivity contribution < 1.29 is 0 Å². The highest BCUT2D eigenvalue weighted by atomic mass is 15.2. The third-order valence-electron chi connectivity index (χ3n) is 5.31. The minimum Gasteiger partial charge on any atom is -0.286 e. The number of piperidine rings is 1. The summed E-state index contributed by atoms with van der Waals surface area (Å²) < 4.78 is 0. The largest absolute Gasteiger partial charge is 0.286 e. The van der Waals surface area contributed by atoms with Gasteiger partial charge < -0.3 is 0 Å². The summed E-state index contributed by atoms with van der Waals surface area (Å²) in [5, 5.41) is 0. The molecular weight excluding hydrogens is 304 g/mol. The Hall–Kier alpha value is -2.45. The molecule has 0 saturated carbocycles. The molecule has 2 nitrogen and oxygen atoms in total. The maximum absolute atomic E-state index is 4.27. The first-order valence-corrected chi connectivity index (χ1v) is 9.19. The predicted molar refractivity (Wildman–Crippen MR) is 102 cm³/mol. The minimum absolute atomic E-state index is 0.258. The van der Waals surface area contributed by atoms with E-state index < -0.39 is 0 Å². The first-order valence-electron chi connectivity index (χ1n) is 9.19. The zero-order chi connectivity index (χ0) is 17.0. The summed E-state index contributed by atoms with van der Waals surface area (Å²) in [5.41, 5.74) is 3.69. The molecule has 2 heteroatoms. The Labute approximate surface area is 150 Å². The van der Waals surface area contributed by atoms with Crippen LogP contribution in [0, 0.1) is 0 Å². The van der Waals surface area contributed by atoms with Crippen molar-refractivity contribution in [2.75, 3.05) is 13.1 Å². The molecule has 0 radical (unpaired) electrons. The zero-order valence-electron chi connectivity index (χ0n) is 14.5. The molecule has 126 valence electrons. The van der Waals surface area contributed by atoms with E-state index in [4.69, 9.17) is 0 Å². The van der Waals surface area contributed by atoms with E-state index >= 15 is 0 Å². The Balaban J connectivity index is 2.01. The van der Waals surface area contributed by atoms with Crippen molar-refractivity contribution in [1.82, 2.24) is 9.88 Å². The highest BCUT2D eigenvalue weighted by Crippen LogP contribution is 2.43. The van der Waals surface area contributed by atoms with Crippen LogP contribution in [0.3, 0.4) is 0 Å².